The summed E-state index contributed by atoms with van der Waals surface area (Å²) in [4.78, 5) is 4.20. The second kappa shape index (κ2) is 15.3. The average molecular weight is 397 g/mol. The monoisotopic (exact) mass is 396 g/mol. The predicted molar refractivity (Wildman–Crippen MR) is 127 cm³/mol. The minimum Gasteiger partial charge on any atom is -0.306 e. The summed E-state index contributed by atoms with van der Waals surface area (Å²) in [6, 6.07) is 8.78. The first kappa shape index (κ1) is 23.7. The summed E-state index contributed by atoms with van der Waals surface area (Å²) in [7, 11) is 0. The third kappa shape index (κ3) is 9.65. The van der Waals surface area contributed by atoms with Crippen LogP contribution in [0.1, 0.15) is 122 Å². The van der Waals surface area contributed by atoms with Gasteiger partial charge in [-0.2, -0.15) is 0 Å². The summed E-state index contributed by atoms with van der Waals surface area (Å²) in [6.45, 7) is 4.67. The second-order valence-electron chi connectivity index (χ2n) is 8.81. The van der Waals surface area contributed by atoms with Crippen molar-refractivity contribution in [3.63, 3.8) is 0 Å². The molecular formula is C27H44N2. The number of imidazole rings is 1. The van der Waals surface area contributed by atoms with Gasteiger partial charge in [-0.05, 0) is 24.0 Å². The van der Waals surface area contributed by atoms with Gasteiger partial charge in [0, 0.05) is 18.1 Å². The van der Waals surface area contributed by atoms with Crippen LogP contribution in [0.5, 0.6) is 0 Å². The lowest BCUT2D eigenvalue weighted by atomic mass is 9.93. The Morgan fingerprint density at radius 2 is 1.31 bits per heavy atom. The summed E-state index contributed by atoms with van der Waals surface area (Å²) in [5.41, 5.74) is 2.73. The van der Waals surface area contributed by atoms with Crippen LogP contribution in [0.2, 0.25) is 0 Å². The van der Waals surface area contributed by atoms with Crippen molar-refractivity contribution in [3.8, 4) is 5.69 Å². The molecule has 0 N–H and O–H groups in total. The highest BCUT2D eigenvalue weighted by Gasteiger charge is 2.11. The number of unbranched alkanes of at least 4 members (excludes halogenated alkanes) is 13. The average Bonchev–Trinajstić information content (AvgIpc) is 3.28. The molecule has 0 radical (unpaired) electrons. The summed E-state index contributed by atoms with van der Waals surface area (Å²) < 4.78 is 2.14. The van der Waals surface area contributed by atoms with Crippen molar-refractivity contribution >= 4 is 0 Å². The standard InChI is InChI=1S/C27H44N2/c1-3-4-5-6-7-8-9-10-11-12-13-14-15-16-19-25(2)26-20-17-18-21-27(26)29-23-22-28-24-29/h17-18,20-25H,3-16,19H2,1-2H3/t25-/m0/s1. The molecule has 1 aromatic carbocycles. The zero-order valence-corrected chi connectivity index (χ0v) is 19.1. The first-order valence-corrected chi connectivity index (χ1v) is 12.4. The second-order valence-corrected chi connectivity index (χ2v) is 8.81. The highest BCUT2D eigenvalue weighted by molar-refractivity contribution is 5.42. The van der Waals surface area contributed by atoms with Crippen molar-refractivity contribution in [1.29, 1.82) is 0 Å². The van der Waals surface area contributed by atoms with Gasteiger partial charge >= 0.3 is 0 Å². The minimum absolute atomic E-state index is 0.603. The lowest BCUT2D eigenvalue weighted by Crippen LogP contribution is -2.01. The number of hydrogen-bond acceptors (Lipinski definition) is 1. The van der Waals surface area contributed by atoms with Crippen LogP contribution >= 0.6 is 0 Å². The Morgan fingerprint density at radius 1 is 0.759 bits per heavy atom. The van der Waals surface area contributed by atoms with E-state index in [9.17, 15) is 0 Å². The molecule has 0 aliphatic heterocycles. The van der Waals surface area contributed by atoms with Crippen LogP contribution in [-0.4, -0.2) is 9.55 Å². The minimum atomic E-state index is 0.603. The summed E-state index contributed by atoms with van der Waals surface area (Å²) in [5.74, 6) is 0.603. The normalized spacial score (nSPS) is 12.3. The van der Waals surface area contributed by atoms with Crippen molar-refractivity contribution in [2.45, 2.75) is 116 Å². The molecule has 162 valence electrons. The molecule has 2 rings (SSSR count). The van der Waals surface area contributed by atoms with E-state index in [2.05, 4.69) is 47.7 Å². The molecule has 29 heavy (non-hydrogen) atoms. The van der Waals surface area contributed by atoms with Crippen LogP contribution in [0.25, 0.3) is 5.69 Å². The van der Waals surface area contributed by atoms with E-state index < -0.39 is 0 Å². The van der Waals surface area contributed by atoms with Gasteiger partial charge in [-0.25, -0.2) is 4.98 Å². The van der Waals surface area contributed by atoms with Gasteiger partial charge in [0.2, 0.25) is 0 Å². The number of nitrogens with zero attached hydrogens (tertiary/aromatic N) is 2. The fourth-order valence-electron chi connectivity index (χ4n) is 4.34. The van der Waals surface area contributed by atoms with E-state index in [1.54, 1.807) is 0 Å². The van der Waals surface area contributed by atoms with E-state index in [0.717, 1.165) is 0 Å². The number of rotatable bonds is 17. The maximum atomic E-state index is 4.20. The van der Waals surface area contributed by atoms with E-state index in [-0.39, 0.29) is 0 Å². The molecule has 0 bridgehead atoms. The van der Waals surface area contributed by atoms with E-state index in [0.29, 0.717) is 5.92 Å². The molecule has 0 saturated carbocycles. The first-order chi connectivity index (χ1) is 14.3. The van der Waals surface area contributed by atoms with Crippen LogP contribution < -0.4 is 0 Å². The van der Waals surface area contributed by atoms with Gasteiger partial charge in [-0.15, -0.1) is 0 Å². The number of hydrogen-bond donors (Lipinski definition) is 0. The van der Waals surface area contributed by atoms with E-state index in [4.69, 9.17) is 0 Å². The van der Waals surface area contributed by atoms with Crippen molar-refractivity contribution < 1.29 is 0 Å². The quantitative estimate of drug-likeness (QED) is 0.244. The van der Waals surface area contributed by atoms with Crippen molar-refractivity contribution in [3.05, 3.63) is 48.5 Å². The summed E-state index contributed by atoms with van der Waals surface area (Å²) in [5, 5.41) is 0. The Morgan fingerprint density at radius 3 is 1.86 bits per heavy atom. The molecule has 0 fully saturated rings. The van der Waals surface area contributed by atoms with Crippen LogP contribution in [0.15, 0.2) is 43.0 Å². The predicted octanol–water partition coefficient (Wildman–Crippen LogP) is 8.85. The van der Waals surface area contributed by atoms with Gasteiger partial charge in [0.05, 0.1) is 6.33 Å². The topological polar surface area (TPSA) is 17.8 Å². The lowest BCUT2D eigenvalue weighted by Gasteiger charge is -2.17. The molecule has 0 amide bonds. The first-order valence-electron chi connectivity index (χ1n) is 12.4. The van der Waals surface area contributed by atoms with Crippen molar-refractivity contribution in [2.75, 3.05) is 0 Å². The summed E-state index contributed by atoms with van der Waals surface area (Å²) in [6.07, 6.45) is 27.1. The molecule has 0 saturated heterocycles. The smallest absolute Gasteiger partial charge is 0.0991 e. The molecule has 0 spiro atoms. The molecule has 2 aromatic rings. The maximum Gasteiger partial charge on any atom is 0.0991 e. The molecule has 2 heteroatoms. The maximum absolute atomic E-state index is 4.20. The Labute approximate surface area is 180 Å². The van der Waals surface area contributed by atoms with Gasteiger partial charge in [0.15, 0.2) is 0 Å². The molecule has 0 aliphatic rings. The van der Waals surface area contributed by atoms with Crippen molar-refractivity contribution in [2.24, 2.45) is 0 Å². The SMILES string of the molecule is CCCCCCCCCCCCCCCC[C@H](C)c1ccccc1-n1ccnc1. The Kier molecular flexibility index (Phi) is 12.5. The van der Waals surface area contributed by atoms with Gasteiger partial charge < -0.3 is 4.57 Å². The lowest BCUT2D eigenvalue weighted by molar-refractivity contribution is 0.524. The zero-order chi connectivity index (χ0) is 20.6. The molecule has 0 aliphatic carbocycles. The van der Waals surface area contributed by atoms with Gasteiger partial charge in [0.25, 0.3) is 0 Å². The van der Waals surface area contributed by atoms with Gasteiger partial charge in [0.1, 0.15) is 0 Å². The molecule has 1 atom stereocenters. The third-order valence-electron chi connectivity index (χ3n) is 6.24. The molecule has 1 heterocycles. The molecule has 1 aromatic heterocycles. The fourth-order valence-corrected chi connectivity index (χ4v) is 4.34. The molecule has 0 unspecified atom stereocenters. The van der Waals surface area contributed by atoms with Crippen LogP contribution in [0.4, 0.5) is 0 Å². The Balaban J connectivity index is 1.48. The Bertz CT molecular complexity index is 617. The zero-order valence-electron chi connectivity index (χ0n) is 19.1. The van der Waals surface area contributed by atoms with Gasteiger partial charge in [-0.3, -0.25) is 0 Å². The van der Waals surface area contributed by atoms with Crippen LogP contribution in [-0.2, 0) is 0 Å². The van der Waals surface area contributed by atoms with Gasteiger partial charge in [-0.1, -0.05) is 122 Å². The molecular weight excluding hydrogens is 352 g/mol. The van der Waals surface area contributed by atoms with E-state index in [1.807, 2.05) is 18.7 Å². The molecule has 2 nitrogen and oxygen atoms in total. The fraction of sp³-hybridized carbons (Fsp3) is 0.667. The number of aromatic nitrogens is 2. The summed E-state index contributed by atoms with van der Waals surface area (Å²) >= 11 is 0. The van der Waals surface area contributed by atoms with E-state index in [1.165, 1.54) is 108 Å². The van der Waals surface area contributed by atoms with Crippen LogP contribution in [0, 0.1) is 0 Å². The third-order valence-corrected chi connectivity index (χ3v) is 6.24. The highest BCUT2D eigenvalue weighted by Crippen LogP contribution is 2.27. The largest absolute Gasteiger partial charge is 0.306 e. The van der Waals surface area contributed by atoms with E-state index >= 15 is 0 Å². The van der Waals surface area contributed by atoms with Crippen LogP contribution in [0.3, 0.4) is 0 Å². The number of para-hydroxylation sites is 1. The highest BCUT2D eigenvalue weighted by atomic mass is 15.0. The Hall–Kier alpha value is -1.57. The van der Waals surface area contributed by atoms with Crippen molar-refractivity contribution in [1.82, 2.24) is 9.55 Å². The number of benzene rings is 1.